The van der Waals surface area contributed by atoms with E-state index in [4.69, 9.17) is 0 Å². The molecule has 3 heteroatoms. The molecule has 1 nitrogen and oxygen atoms in total. The van der Waals surface area contributed by atoms with Crippen LogP contribution in [0.25, 0.3) is 6.08 Å². The van der Waals surface area contributed by atoms with Gasteiger partial charge in [-0.1, -0.05) is 60.2 Å². The van der Waals surface area contributed by atoms with Crippen LogP contribution in [0.1, 0.15) is 17.5 Å². The van der Waals surface area contributed by atoms with Gasteiger partial charge < -0.3 is 0 Å². The Hall–Kier alpha value is -1.64. The van der Waals surface area contributed by atoms with Gasteiger partial charge in [-0.3, -0.25) is 4.90 Å². The molecule has 2 aromatic rings. The zero-order chi connectivity index (χ0) is 13.8. The van der Waals surface area contributed by atoms with Crippen molar-refractivity contribution >= 4 is 18.5 Å². The molecule has 2 aromatic carbocycles. The normalized spacial score (nSPS) is 16.9. The number of hydrogen-bond acceptors (Lipinski definition) is 1. The van der Waals surface area contributed by atoms with Gasteiger partial charge >= 0.3 is 0 Å². The Morgan fingerprint density at radius 2 is 1.71 bits per heavy atom. The summed E-state index contributed by atoms with van der Waals surface area (Å²) in [6, 6.07) is 17.4. The molecular weight excluding hydrogens is 285 g/mol. The lowest BCUT2D eigenvalue weighted by Crippen LogP contribution is -2.18. The zero-order valence-corrected chi connectivity index (χ0v) is 12.7. The number of rotatable bonds is 3. The van der Waals surface area contributed by atoms with Gasteiger partial charge in [0.2, 0.25) is 0 Å². The lowest BCUT2D eigenvalue weighted by atomic mass is 10.1. The molecule has 0 radical (unpaired) electrons. The van der Waals surface area contributed by atoms with Gasteiger partial charge in [0.25, 0.3) is 0 Å². The Labute approximate surface area is 131 Å². The van der Waals surface area contributed by atoms with Crippen LogP contribution < -0.4 is 0 Å². The van der Waals surface area contributed by atoms with Crippen molar-refractivity contribution in [2.24, 2.45) is 0 Å². The molecule has 1 aliphatic heterocycles. The monoisotopic (exact) mass is 303 g/mol. The summed E-state index contributed by atoms with van der Waals surface area (Å²) in [5.41, 5.74) is 3.34. The third-order valence-electron chi connectivity index (χ3n) is 3.69. The highest BCUT2D eigenvalue weighted by Crippen LogP contribution is 2.21. The van der Waals surface area contributed by atoms with Gasteiger partial charge in [-0.25, -0.2) is 4.39 Å². The van der Waals surface area contributed by atoms with Gasteiger partial charge in [0.15, 0.2) is 0 Å². The molecule has 110 valence electrons. The van der Waals surface area contributed by atoms with Crippen LogP contribution >= 0.6 is 12.4 Å². The first-order chi connectivity index (χ1) is 9.81. The van der Waals surface area contributed by atoms with Crippen LogP contribution in [-0.2, 0) is 6.54 Å². The molecule has 0 atom stereocenters. The van der Waals surface area contributed by atoms with Gasteiger partial charge in [0, 0.05) is 25.2 Å². The average Bonchev–Trinajstić information content (AvgIpc) is 2.90. The number of likely N-dealkylation sites (tertiary alicyclic amines) is 1. The second-order valence-electron chi connectivity index (χ2n) is 5.27. The predicted octanol–water partition coefficient (Wildman–Crippen LogP) is 4.54. The highest BCUT2D eigenvalue weighted by Gasteiger charge is 2.16. The molecule has 0 spiro atoms. The van der Waals surface area contributed by atoms with Crippen LogP contribution in [0.2, 0.25) is 0 Å². The molecule has 0 saturated carbocycles. The summed E-state index contributed by atoms with van der Waals surface area (Å²) >= 11 is 0. The molecule has 0 aliphatic carbocycles. The molecule has 0 unspecified atom stereocenters. The maximum absolute atomic E-state index is 13.6. The Balaban J connectivity index is 0.00000161. The van der Waals surface area contributed by atoms with Gasteiger partial charge in [-0.05, 0) is 18.1 Å². The molecular formula is C18H19ClFN. The fourth-order valence-electron chi connectivity index (χ4n) is 2.65. The predicted molar refractivity (Wildman–Crippen MR) is 88.0 cm³/mol. The molecule has 3 rings (SSSR count). The smallest absolute Gasteiger partial charge is 0.130 e. The Morgan fingerprint density at radius 1 is 1.00 bits per heavy atom. The third-order valence-corrected chi connectivity index (χ3v) is 3.69. The van der Waals surface area contributed by atoms with Gasteiger partial charge in [0.05, 0.1) is 0 Å². The standard InChI is InChI=1S/C18H18FN.ClH/c19-18-9-5-4-8-17(18)12-16-10-11-20(14-16)13-15-6-2-1-3-7-15;/h1-9,12H,10-11,13-14H2;1H/b16-12-;. The van der Waals surface area contributed by atoms with Crippen LogP contribution in [0, 0.1) is 5.82 Å². The largest absolute Gasteiger partial charge is 0.295 e. The fourth-order valence-corrected chi connectivity index (χ4v) is 2.65. The molecule has 0 bridgehead atoms. The van der Waals surface area contributed by atoms with E-state index in [0.29, 0.717) is 5.56 Å². The average molecular weight is 304 g/mol. The Bertz CT molecular complexity index is 610. The summed E-state index contributed by atoms with van der Waals surface area (Å²) in [6.45, 7) is 2.95. The number of nitrogens with zero attached hydrogens (tertiary/aromatic N) is 1. The molecule has 21 heavy (non-hydrogen) atoms. The van der Waals surface area contributed by atoms with Crippen molar-refractivity contribution < 1.29 is 4.39 Å². The Kier molecular flexibility index (Phi) is 5.54. The third kappa shape index (κ3) is 4.16. The molecule has 1 heterocycles. The summed E-state index contributed by atoms with van der Waals surface area (Å²) in [5, 5.41) is 0. The van der Waals surface area contributed by atoms with E-state index in [1.165, 1.54) is 17.2 Å². The molecule has 1 saturated heterocycles. The summed E-state index contributed by atoms with van der Waals surface area (Å²) < 4.78 is 13.6. The van der Waals surface area contributed by atoms with E-state index in [2.05, 4.69) is 29.2 Å². The van der Waals surface area contributed by atoms with Crippen molar-refractivity contribution in [2.75, 3.05) is 13.1 Å². The van der Waals surface area contributed by atoms with Gasteiger partial charge in [0.1, 0.15) is 5.82 Å². The lowest BCUT2D eigenvalue weighted by Gasteiger charge is -2.14. The lowest BCUT2D eigenvalue weighted by molar-refractivity contribution is 0.337. The molecule has 1 fully saturated rings. The van der Waals surface area contributed by atoms with Gasteiger partial charge in [-0.15, -0.1) is 12.4 Å². The minimum Gasteiger partial charge on any atom is -0.295 e. The van der Waals surface area contributed by atoms with E-state index in [0.717, 1.165) is 26.1 Å². The van der Waals surface area contributed by atoms with Crippen molar-refractivity contribution in [3.8, 4) is 0 Å². The summed E-state index contributed by atoms with van der Waals surface area (Å²) in [7, 11) is 0. The van der Waals surface area contributed by atoms with Crippen LogP contribution in [0.4, 0.5) is 4.39 Å². The number of benzene rings is 2. The zero-order valence-electron chi connectivity index (χ0n) is 11.8. The van der Waals surface area contributed by atoms with E-state index < -0.39 is 0 Å². The highest BCUT2D eigenvalue weighted by atomic mass is 35.5. The van der Waals surface area contributed by atoms with Crippen LogP contribution in [-0.4, -0.2) is 18.0 Å². The first-order valence-corrected chi connectivity index (χ1v) is 7.01. The quantitative estimate of drug-likeness (QED) is 0.805. The van der Waals surface area contributed by atoms with Crippen LogP contribution in [0.15, 0.2) is 60.2 Å². The maximum Gasteiger partial charge on any atom is 0.130 e. The van der Waals surface area contributed by atoms with E-state index in [1.54, 1.807) is 6.07 Å². The fraction of sp³-hybridized carbons (Fsp3) is 0.222. The SMILES string of the molecule is Cl.Fc1ccccc1/C=C1/CCN(Cc2ccccc2)C1. The number of hydrogen-bond donors (Lipinski definition) is 0. The second kappa shape index (κ2) is 7.39. The van der Waals surface area contributed by atoms with Crippen molar-refractivity contribution in [3.63, 3.8) is 0 Å². The van der Waals surface area contributed by atoms with Crippen molar-refractivity contribution in [3.05, 3.63) is 77.1 Å². The highest BCUT2D eigenvalue weighted by molar-refractivity contribution is 5.85. The van der Waals surface area contributed by atoms with Crippen LogP contribution in [0.3, 0.4) is 0 Å². The minimum absolute atomic E-state index is 0. The molecule has 0 N–H and O–H groups in total. The molecule has 0 aromatic heterocycles. The van der Waals surface area contributed by atoms with Crippen LogP contribution in [0.5, 0.6) is 0 Å². The van der Waals surface area contributed by atoms with Crippen molar-refractivity contribution in [1.29, 1.82) is 0 Å². The minimum atomic E-state index is -0.137. The van der Waals surface area contributed by atoms with E-state index >= 15 is 0 Å². The maximum atomic E-state index is 13.6. The summed E-state index contributed by atoms with van der Waals surface area (Å²) in [4.78, 5) is 2.40. The molecule has 1 aliphatic rings. The first kappa shape index (κ1) is 15.7. The molecule has 0 amide bonds. The Morgan fingerprint density at radius 3 is 2.48 bits per heavy atom. The topological polar surface area (TPSA) is 3.24 Å². The second-order valence-corrected chi connectivity index (χ2v) is 5.27. The first-order valence-electron chi connectivity index (χ1n) is 7.01. The van der Waals surface area contributed by atoms with Crippen molar-refractivity contribution in [1.82, 2.24) is 4.90 Å². The van der Waals surface area contributed by atoms with E-state index in [9.17, 15) is 4.39 Å². The van der Waals surface area contributed by atoms with Gasteiger partial charge in [-0.2, -0.15) is 0 Å². The number of halogens is 2. The van der Waals surface area contributed by atoms with E-state index in [-0.39, 0.29) is 18.2 Å². The summed E-state index contributed by atoms with van der Waals surface area (Å²) in [6.07, 6.45) is 3.03. The van der Waals surface area contributed by atoms with Crippen molar-refractivity contribution in [2.45, 2.75) is 13.0 Å². The summed E-state index contributed by atoms with van der Waals surface area (Å²) in [5.74, 6) is -0.137. The van der Waals surface area contributed by atoms with E-state index in [1.807, 2.05) is 24.3 Å².